The van der Waals surface area contributed by atoms with Crippen LogP contribution in [0.2, 0.25) is 0 Å². The fourth-order valence-corrected chi connectivity index (χ4v) is 7.65. The van der Waals surface area contributed by atoms with Gasteiger partial charge < -0.3 is 35.0 Å². The molecule has 7 unspecified atom stereocenters. The summed E-state index contributed by atoms with van der Waals surface area (Å²) in [5.41, 5.74) is 1.88. The number of carbonyl (C=O) groups excluding carboxylic acids is 2. The monoisotopic (exact) mass is 542 g/mol. The third kappa shape index (κ3) is 4.62. The van der Waals surface area contributed by atoms with E-state index >= 15 is 0 Å². The van der Waals surface area contributed by atoms with E-state index in [2.05, 4.69) is 19.2 Å². The van der Waals surface area contributed by atoms with E-state index < -0.39 is 24.2 Å². The molecule has 39 heavy (non-hydrogen) atoms. The maximum atomic E-state index is 13.5. The second-order valence-electron chi connectivity index (χ2n) is 12.1. The number of aliphatic hydroxyl groups excluding tert-OH is 3. The van der Waals surface area contributed by atoms with Crippen molar-refractivity contribution in [2.24, 2.45) is 23.2 Å². The molecule has 0 radical (unpaired) electrons. The van der Waals surface area contributed by atoms with Gasteiger partial charge in [0.05, 0.1) is 32.3 Å². The summed E-state index contributed by atoms with van der Waals surface area (Å²) in [6, 6.07) is 2.71. The maximum absolute atomic E-state index is 13.5. The summed E-state index contributed by atoms with van der Waals surface area (Å²) in [5.74, 6) is 1.36. The molecule has 4 N–H and O–H groups in total. The predicted octanol–water partition coefficient (Wildman–Crippen LogP) is 2.12. The number of carbonyl (C=O) groups is 2. The molecule has 7 atom stereocenters. The molecule has 1 aliphatic heterocycles. The van der Waals surface area contributed by atoms with Crippen LogP contribution < -0.4 is 14.8 Å². The van der Waals surface area contributed by atoms with Crippen molar-refractivity contribution in [3.8, 4) is 11.5 Å². The van der Waals surface area contributed by atoms with Crippen LogP contribution in [-0.4, -0.2) is 77.1 Å². The fourth-order valence-electron chi connectivity index (χ4n) is 7.65. The molecular formula is C30H42N2O7. The molecule has 214 valence electrons. The number of amides is 2. The average Bonchev–Trinajstić information content (AvgIpc) is 3.34. The topological polar surface area (TPSA) is 129 Å². The minimum absolute atomic E-state index is 0.0706. The second kappa shape index (κ2) is 10.7. The summed E-state index contributed by atoms with van der Waals surface area (Å²) in [7, 11) is 1.50. The molecule has 1 aromatic rings. The highest BCUT2D eigenvalue weighted by Gasteiger charge is 2.56. The Balaban J connectivity index is 1.54. The van der Waals surface area contributed by atoms with Crippen molar-refractivity contribution >= 4 is 11.8 Å². The molecule has 2 bridgehead atoms. The zero-order valence-corrected chi connectivity index (χ0v) is 23.4. The van der Waals surface area contributed by atoms with Crippen LogP contribution in [0.1, 0.15) is 63.5 Å². The number of ether oxygens (including phenoxy) is 2. The Hall–Kier alpha value is -2.62. The fraction of sp³-hybridized carbons (Fsp3) is 0.667. The Morgan fingerprint density at radius 3 is 2.62 bits per heavy atom. The Labute approximate surface area is 230 Å². The van der Waals surface area contributed by atoms with Gasteiger partial charge in [-0.05, 0) is 66.2 Å². The summed E-state index contributed by atoms with van der Waals surface area (Å²) in [5, 5.41) is 33.7. The van der Waals surface area contributed by atoms with Crippen molar-refractivity contribution in [1.82, 2.24) is 10.2 Å². The van der Waals surface area contributed by atoms with Crippen molar-refractivity contribution in [2.75, 3.05) is 26.8 Å². The van der Waals surface area contributed by atoms with E-state index in [1.54, 1.807) is 23.1 Å². The molecule has 1 aromatic carbocycles. The van der Waals surface area contributed by atoms with Gasteiger partial charge in [0.15, 0.2) is 11.5 Å². The molecule has 5 aliphatic rings. The minimum Gasteiger partial charge on any atom is -0.493 e. The summed E-state index contributed by atoms with van der Waals surface area (Å²) in [6.45, 7) is 6.64. The molecule has 9 nitrogen and oxygen atoms in total. The smallest absolute Gasteiger partial charge is 0.247 e. The SMILES string of the molecule is CCC(=O)N(CC1CCC2CC1C2(C)C)C1C=C(C(=O)NCCO)C2c3cc(CO)cc(OC)c3OC2C1O. The first-order valence-corrected chi connectivity index (χ1v) is 14.2. The number of benzene rings is 1. The Morgan fingerprint density at radius 1 is 1.23 bits per heavy atom. The summed E-state index contributed by atoms with van der Waals surface area (Å²) in [4.78, 5) is 28.6. The van der Waals surface area contributed by atoms with Crippen molar-refractivity contribution in [3.05, 3.63) is 34.9 Å². The number of nitrogens with one attached hydrogen (secondary N) is 1. The van der Waals surface area contributed by atoms with Gasteiger partial charge in [-0.1, -0.05) is 20.8 Å². The van der Waals surface area contributed by atoms with E-state index in [1.165, 1.54) is 13.5 Å². The van der Waals surface area contributed by atoms with Crippen LogP contribution in [0.4, 0.5) is 0 Å². The molecule has 1 heterocycles. The van der Waals surface area contributed by atoms with Gasteiger partial charge in [0.25, 0.3) is 0 Å². The van der Waals surface area contributed by atoms with Gasteiger partial charge in [-0.3, -0.25) is 9.59 Å². The highest BCUT2D eigenvalue weighted by Crippen LogP contribution is 2.61. The van der Waals surface area contributed by atoms with Gasteiger partial charge in [-0.25, -0.2) is 0 Å². The summed E-state index contributed by atoms with van der Waals surface area (Å²) in [6.07, 6.45) is 3.49. The normalized spacial score (nSPS) is 31.7. The van der Waals surface area contributed by atoms with E-state index in [-0.39, 0.29) is 43.4 Å². The van der Waals surface area contributed by atoms with E-state index in [1.807, 2.05) is 6.92 Å². The molecule has 4 aliphatic carbocycles. The lowest BCUT2D eigenvalue weighted by atomic mass is 9.45. The lowest BCUT2D eigenvalue weighted by Crippen LogP contribution is -2.59. The molecule has 0 spiro atoms. The van der Waals surface area contributed by atoms with Crippen molar-refractivity contribution in [3.63, 3.8) is 0 Å². The average molecular weight is 543 g/mol. The van der Waals surface area contributed by atoms with Crippen LogP contribution in [0.25, 0.3) is 0 Å². The zero-order valence-electron chi connectivity index (χ0n) is 23.4. The van der Waals surface area contributed by atoms with Crippen molar-refractivity contribution < 1.29 is 34.4 Å². The molecule has 0 saturated heterocycles. The predicted molar refractivity (Wildman–Crippen MR) is 144 cm³/mol. The van der Waals surface area contributed by atoms with Crippen molar-refractivity contribution in [1.29, 1.82) is 0 Å². The minimum atomic E-state index is -1.08. The maximum Gasteiger partial charge on any atom is 0.247 e. The van der Waals surface area contributed by atoms with E-state index in [9.17, 15) is 24.9 Å². The number of fused-ring (bicyclic) bond motifs is 5. The van der Waals surface area contributed by atoms with Crippen LogP contribution in [0.5, 0.6) is 11.5 Å². The van der Waals surface area contributed by atoms with Crippen LogP contribution in [-0.2, 0) is 16.2 Å². The van der Waals surface area contributed by atoms with Gasteiger partial charge >= 0.3 is 0 Å². The number of methoxy groups -OCH3 is 1. The highest BCUT2D eigenvalue weighted by molar-refractivity contribution is 5.96. The Bertz CT molecular complexity index is 1150. The van der Waals surface area contributed by atoms with Gasteiger partial charge in [-0.2, -0.15) is 0 Å². The lowest BCUT2D eigenvalue weighted by Gasteiger charge is -2.61. The molecule has 6 rings (SSSR count). The molecule has 2 amide bonds. The largest absolute Gasteiger partial charge is 0.493 e. The molecule has 3 saturated carbocycles. The van der Waals surface area contributed by atoms with Crippen molar-refractivity contribution in [2.45, 2.75) is 77.2 Å². The second-order valence-corrected chi connectivity index (χ2v) is 12.1. The quantitative estimate of drug-likeness (QED) is 0.376. The highest BCUT2D eigenvalue weighted by atomic mass is 16.5. The van der Waals surface area contributed by atoms with Crippen LogP contribution in [0.15, 0.2) is 23.8 Å². The van der Waals surface area contributed by atoms with Crippen LogP contribution >= 0.6 is 0 Å². The number of hydrogen-bond acceptors (Lipinski definition) is 7. The van der Waals surface area contributed by atoms with Crippen LogP contribution in [0, 0.1) is 23.2 Å². The zero-order chi connectivity index (χ0) is 28.1. The lowest BCUT2D eigenvalue weighted by molar-refractivity contribution is -0.146. The number of hydrogen-bond donors (Lipinski definition) is 4. The van der Waals surface area contributed by atoms with E-state index in [0.29, 0.717) is 46.6 Å². The Kier molecular flexibility index (Phi) is 7.70. The third-order valence-corrected chi connectivity index (χ3v) is 9.91. The van der Waals surface area contributed by atoms with E-state index in [4.69, 9.17) is 9.47 Å². The van der Waals surface area contributed by atoms with Gasteiger partial charge in [0.1, 0.15) is 12.2 Å². The standard InChI is InChI=1S/C30H42N2O7/c1-5-24(35)32(14-17-6-7-18-12-21(17)30(18,2)3)22-13-20(29(37)31-8-9-33)25-19-10-16(15-34)11-23(38-4)27(19)39-28(25)26(22)36/h10-11,13,17-18,21-22,25-26,28,33-34,36H,5-9,12,14-15H2,1-4H3,(H,31,37). The first-order chi connectivity index (χ1) is 18.7. The third-order valence-electron chi connectivity index (χ3n) is 9.91. The first kappa shape index (κ1) is 27.9. The number of aliphatic hydroxyl groups is 3. The molecule has 9 heteroatoms. The number of nitrogens with zero attached hydrogens (tertiary/aromatic N) is 1. The van der Waals surface area contributed by atoms with Gasteiger partial charge in [0.2, 0.25) is 11.8 Å². The van der Waals surface area contributed by atoms with Crippen LogP contribution in [0.3, 0.4) is 0 Å². The number of rotatable bonds is 9. The van der Waals surface area contributed by atoms with E-state index in [0.717, 1.165) is 18.8 Å². The van der Waals surface area contributed by atoms with Gasteiger partial charge in [-0.15, -0.1) is 0 Å². The molecular weight excluding hydrogens is 500 g/mol. The molecule has 3 fully saturated rings. The summed E-state index contributed by atoms with van der Waals surface area (Å²) < 4.78 is 11.8. The summed E-state index contributed by atoms with van der Waals surface area (Å²) >= 11 is 0. The van der Waals surface area contributed by atoms with Gasteiger partial charge in [0, 0.05) is 30.6 Å². The molecule has 0 aromatic heterocycles. The Morgan fingerprint density at radius 2 is 2.00 bits per heavy atom. The first-order valence-electron chi connectivity index (χ1n) is 14.2.